The fourth-order valence-corrected chi connectivity index (χ4v) is 0.669. The molecular weight excluding hydrogens is 241 g/mol. The molecule has 0 spiro atoms. The van der Waals surface area contributed by atoms with Crippen LogP contribution in [0.2, 0.25) is 0 Å². The van der Waals surface area contributed by atoms with Crippen molar-refractivity contribution in [2.24, 2.45) is 0 Å². The van der Waals surface area contributed by atoms with Crippen molar-refractivity contribution in [2.75, 3.05) is 0 Å². The molecule has 0 aliphatic rings. The fraction of sp³-hybridized carbons (Fsp3) is 0.500. The Morgan fingerprint density at radius 1 is 1.38 bits per heavy atom. The van der Waals surface area contributed by atoms with Crippen molar-refractivity contribution in [1.29, 1.82) is 0 Å². The molecule has 0 bridgehead atoms. The van der Waals surface area contributed by atoms with Crippen LogP contribution in [0.4, 0.5) is 22.0 Å². The molecule has 0 saturated heterocycles. The van der Waals surface area contributed by atoms with Gasteiger partial charge in [0.15, 0.2) is 5.82 Å². The van der Waals surface area contributed by atoms with Gasteiger partial charge in [0.25, 0.3) is 0 Å². The van der Waals surface area contributed by atoms with Crippen LogP contribution in [0.5, 0.6) is 0 Å². The molecular formula is C6H4F5N3O2. The van der Waals surface area contributed by atoms with Gasteiger partial charge in [-0.3, -0.25) is 4.79 Å². The first-order chi connectivity index (χ1) is 7.25. The summed E-state index contributed by atoms with van der Waals surface area (Å²) in [6.45, 7) is -0.680. The summed E-state index contributed by atoms with van der Waals surface area (Å²) in [5.74, 6) is -8.13. The van der Waals surface area contributed by atoms with Crippen LogP contribution in [0.1, 0.15) is 5.82 Å². The smallest absolute Gasteiger partial charge is 0.343 e. The summed E-state index contributed by atoms with van der Waals surface area (Å²) in [4.78, 5) is 13.9. The maximum absolute atomic E-state index is 12.4. The Bertz CT molecular complexity index is 361. The summed E-state index contributed by atoms with van der Waals surface area (Å²) >= 11 is 0. The number of carbonyl (C=O) groups excluding carboxylic acids is 1. The minimum Gasteiger partial charge on any atom is -0.343 e. The number of rotatable bonds is 3. The van der Waals surface area contributed by atoms with Crippen LogP contribution in [0.3, 0.4) is 0 Å². The van der Waals surface area contributed by atoms with Crippen molar-refractivity contribution in [3.63, 3.8) is 0 Å². The molecule has 0 fully saturated rings. The average Bonchev–Trinajstić information content (AvgIpc) is 2.64. The number of nitrogens with zero attached hydrogens (tertiary/aromatic N) is 2. The molecule has 90 valence electrons. The minimum absolute atomic E-state index is 0.216. The zero-order chi connectivity index (χ0) is 12.4. The van der Waals surface area contributed by atoms with Gasteiger partial charge < -0.3 is 9.84 Å². The van der Waals surface area contributed by atoms with E-state index in [1.165, 1.54) is 5.32 Å². The van der Waals surface area contributed by atoms with Gasteiger partial charge in [-0.1, -0.05) is 5.16 Å². The van der Waals surface area contributed by atoms with Crippen LogP contribution in [0, 0.1) is 0 Å². The summed E-state index contributed by atoms with van der Waals surface area (Å²) in [7, 11) is 0. The quantitative estimate of drug-likeness (QED) is 0.803. The van der Waals surface area contributed by atoms with Crippen LogP contribution in [0.25, 0.3) is 0 Å². The molecule has 0 aliphatic carbocycles. The van der Waals surface area contributed by atoms with Gasteiger partial charge in [0.1, 0.15) is 0 Å². The number of aromatic nitrogens is 2. The summed E-state index contributed by atoms with van der Waals surface area (Å²) in [5.41, 5.74) is 0. The third-order valence-corrected chi connectivity index (χ3v) is 1.46. The molecule has 1 amide bonds. The molecule has 1 aromatic heterocycles. The summed E-state index contributed by atoms with van der Waals surface area (Å²) < 4.78 is 63.9. The van der Waals surface area contributed by atoms with E-state index in [1.54, 1.807) is 0 Å². The van der Waals surface area contributed by atoms with E-state index in [-0.39, 0.29) is 5.82 Å². The fourth-order valence-electron chi connectivity index (χ4n) is 0.669. The molecule has 5 nitrogen and oxygen atoms in total. The number of hydrogen-bond donors (Lipinski definition) is 1. The topological polar surface area (TPSA) is 68.0 Å². The average molecular weight is 245 g/mol. The van der Waals surface area contributed by atoms with Gasteiger partial charge >= 0.3 is 18.0 Å². The Balaban J connectivity index is 2.59. The van der Waals surface area contributed by atoms with Crippen LogP contribution < -0.4 is 5.32 Å². The van der Waals surface area contributed by atoms with Crippen molar-refractivity contribution in [3.05, 3.63) is 12.2 Å². The number of hydrogen-bond acceptors (Lipinski definition) is 4. The van der Waals surface area contributed by atoms with Crippen LogP contribution in [-0.4, -0.2) is 28.1 Å². The monoisotopic (exact) mass is 245 g/mol. The number of amides is 1. The molecule has 1 aromatic rings. The highest BCUT2D eigenvalue weighted by Gasteiger charge is 2.63. The Kier molecular flexibility index (Phi) is 3.10. The third kappa shape index (κ3) is 2.44. The number of halogens is 5. The van der Waals surface area contributed by atoms with Crippen molar-refractivity contribution in [2.45, 2.75) is 18.6 Å². The summed E-state index contributed by atoms with van der Waals surface area (Å²) in [6.07, 6.45) is -5.10. The molecule has 0 saturated carbocycles. The molecule has 0 radical (unpaired) electrons. The second-order valence-electron chi connectivity index (χ2n) is 2.60. The Morgan fingerprint density at radius 3 is 2.44 bits per heavy atom. The number of carbonyl (C=O) groups is 1. The highest BCUT2D eigenvalue weighted by molar-refractivity contribution is 5.84. The van der Waals surface area contributed by atoms with Crippen LogP contribution >= 0.6 is 0 Å². The van der Waals surface area contributed by atoms with Crippen LogP contribution in [-0.2, 0) is 11.3 Å². The zero-order valence-corrected chi connectivity index (χ0v) is 7.39. The molecule has 1 N–H and O–H groups in total. The number of nitrogens with one attached hydrogen (secondary N) is 1. The molecule has 0 aromatic carbocycles. The molecule has 16 heavy (non-hydrogen) atoms. The molecule has 0 unspecified atom stereocenters. The van der Waals surface area contributed by atoms with E-state index in [4.69, 9.17) is 0 Å². The lowest BCUT2D eigenvalue weighted by Gasteiger charge is -2.17. The first kappa shape index (κ1) is 12.3. The van der Waals surface area contributed by atoms with E-state index in [9.17, 15) is 26.7 Å². The second kappa shape index (κ2) is 4.02. The lowest BCUT2D eigenvalue weighted by atomic mass is 10.3. The van der Waals surface area contributed by atoms with Crippen LogP contribution in [0.15, 0.2) is 10.9 Å². The van der Waals surface area contributed by atoms with E-state index in [2.05, 4.69) is 14.7 Å². The van der Waals surface area contributed by atoms with Gasteiger partial charge in [0.2, 0.25) is 6.39 Å². The lowest BCUT2D eigenvalue weighted by Crippen LogP contribution is -2.50. The van der Waals surface area contributed by atoms with Gasteiger partial charge in [-0.2, -0.15) is 26.9 Å². The third-order valence-electron chi connectivity index (χ3n) is 1.46. The molecule has 1 rings (SSSR count). The predicted octanol–water partition coefficient (Wildman–Crippen LogP) is 0.883. The maximum Gasteiger partial charge on any atom is 0.463 e. The first-order valence-electron chi connectivity index (χ1n) is 3.73. The van der Waals surface area contributed by atoms with Crippen molar-refractivity contribution >= 4 is 5.91 Å². The van der Waals surface area contributed by atoms with Crippen molar-refractivity contribution in [1.82, 2.24) is 15.5 Å². The molecule has 0 atom stereocenters. The molecule has 0 aliphatic heterocycles. The van der Waals surface area contributed by atoms with E-state index < -0.39 is 24.6 Å². The largest absolute Gasteiger partial charge is 0.463 e. The van der Waals surface area contributed by atoms with Gasteiger partial charge in [-0.05, 0) is 0 Å². The van der Waals surface area contributed by atoms with E-state index >= 15 is 0 Å². The Hall–Kier alpha value is -1.74. The SMILES string of the molecule is O=C(NCc1ncon1)C(F)(F)C(F)(F)F. The zero-order valence-electron chi connectivity index (χ0n) is 7.39. The first-order valence-corrected chi connectivity index (χ1v) is 3.73. The normalized spacial score (nSPS) is 12.6. The van der Waals surface area contributed by atoms with Crippen molar-refractivity contribution in [3.8, 4) is 0 Å². The summed E-state index contributed by atoms with van der Waals surface area (Å²) in [6, 6.07) is 0. The highest BCUT2D eigenvalue weighted by Crippen LogP contribution is 2.35. The Labute approximate surface area is 84.6 Å². The van der Waals surface area contributed by atoms with E-state index in [0.29, 0.717) is 0 Å². The molecule has 1 heterocycles. The standard InChI is InChI=1S/C6H4F5N3O2/c7-5(8,6(9,10)11)4(15)12-1-3-13-2-16-14-3/h2H,1H2,(H,12,15). The Morgan fingerprint density at radius 2 is 2.00 bits per heavy atom. The van der Waals surface area contributed by atoms with Gasteiger partial charge in [0.05, 0.1) is 6.54 Å². The van der Waals surface area contributed by atoms with E-state index in [1.807, 2.05) is 0 Å². The lowest BCUT2D eigenvalue weighted by molar-refractivity contribution is -0.269. The number of alkyl halides is 5. The van der Waals surface area contributed by atoms with Gasteiger partial charge in [0, 0.05) is 0 Å². The summed E-state index contributed by atoms with van der Waals surface area (Å²) in [5, 5.41) is 4.44. The van der Waals surface area contributed by atoms with Gasteiger partial charge in [-0.15, -0.1) is 0 Å². The molecule has 10 heteroatoms. The van der Waals surface area contributed by atoms with E-state index in [0.717, 1.165) is 6.39 Å². The predicted molar refractivity (Wildman–Crippen MR) is 37.1 cm³/mol. The van der Waals surface area contributed by atoms with Gasteiger partial charge in [-0.25, -0.2) is 0 Å². The maximum atomic E-state index is 12.4. The highest BCUT2D eigenvalue weighted by atomic mass is 19.4. The minimum atomic E-state index is -5.94. The van der Waals surface area contributed by atoms with Crippen molar-refractivity contribution < 1.29 is 31.3 Å². The second-order valence-corrected chi connectivity index (χ2v) is 2.60.